The number of benzene rings is 4. The predicted octanol–water partition coefficient (Wildman–Crippen LogP) is 11.6. The van der Waals surface area contributed by atoms with Crippen molar-refractivity contribution in [2.75, 3.05) is 9.80 Å². The van der Waals surface area contributed by atoms with Gasteiger partial charge in [0.1, 0.15) is 17.3 Å². The van der Waals surface area contributed by atoms with Crippen molar-refractivity contribution in [3.05, 3.63) is 168 Å². The molecule has 0 aliphatic carbocycles. The smallest absolute Gasteiger partial charge is 0.228 e. The van der Waals surface area contributed by atoms with E-state index >= 15 is 0 Å². The molecule has 0 unspecified atom stereocenters. The van der Waals surface area contributed by atoms with Crippen LogP contribution in [0.4, 0.5) is 31.5 Å². The molecule has 0 spiro atoms. The van der Waals surface area contributed by atoms with Crippen LogP contribution in [0, 0.1) is 11.6 Å². The average molecular weight is 765 g/mol. The van der Waals surface area contributed by atoms with Gasteiger partial charge in [-0.1, -0.05) is 60.7 Å². The molecule has 2 N–H and O–H groups in total. The number of aromatic nitrogens is 4. The van der Waals surface area contributed by atoms with Gasteiger partial charge in [0.05, 0.1) is 39.5 Å². The van der Waals surface area contributed by atoms with E-state index in [1.807, 2.05) is 109 Å². The average Bonchev–Trinajstić information content (AvgIpc) is 4.07. The Balaban J connectivity index is 1.47. The van der Waals surface area contributed by atoms with Crippen LogP contribution in [0.2, 0.25) is 0 Å². The molecule has 2 aliphatic rings. The number of rotatable bonds is 6. The summed E-state index contributed by atoms with van der Waals surface area (Å²) in [7, 11) is 0. The second kappa shape index (κ2) is 14.7. The molecule has 8 bridgehead atoms. The minimum Gasteiger partial charge on any atom is -0.353 e. The van der Waals surface area contributed by atoms with Gasteiger partial charge in [0.15, 0.2) is 0 Å². The van der Waals surface area contributed by atoms with E-state index in [1.165, 1.54) is 43.0 Å². The number of halogens is 2. The number of anilines is 4. The first-order chi connectivity index (χ1) is 28.2. The van der Waals surface area contributed by atoms with Gasteiger partial charge >= 0.3 is 0 Å². The lowest BCUT2D eigenvalue weighted by Gasteiger charge is -2.22. The molecular formula is C48H34F2N6O2. The Morgan fingerprint density at radius 2 is 0.810 bits per heavy atom. The molecule has 10 heteroatoms. The topological polar surface area (TPSA) is 98.0 Å². The van der Waals surface area contributed by atoms with Crippen molar-refractivity contribution >= 4 is 80.9 Å². The summed E-state index contributed by atoms with van der Waals surface area (Å²) in [6, 6.07) is 38.9. The summed E-state index contributed by atoms with van der Waals surface area (Å²) >= 11 is 0. The highest BCUT2D eigenvalue weighted by atomic mass is 19.1. The molecule has 0 saturated carbocycles. The van der Waals surface area contributed by atoms with Crippen molar-refractivity contribution in [1.82, 2.24) is 19.9 Å². The van der Waals surface area contributed by atoms with Gasteiger partial charge in [-0.15, -0.1) is 0 Å². The third-order valence-corrected chi connectivity index (χ3v) is 10.1. The van der Waals surface area contributed by atoms with Crippen molar-refractivity contribution in [1.29, 1.82) is 0 Å². The fourth-order valence-electron chi connectivity index (χ4n) is 7.58. The molecule has 7 aromatic rings. The Morgan fingerprint density at radius 1 is 0.448 bits per heavy atom. The number of hydrogen-bond donors (Lipinski definition) is 2. The van der Waals surface area contributed by atoms with E-state index in [4.69, 9.17) is 9.97 Å². The molecule has 4 aromatic carbocycles. The summed E-state index contributed by atoms with van der Waals surface area (Å²) in [6.45, 7) is 2.93. The molecule has 5 heterocycles. The summed E-state index contributed by atoms with van der Waals surface area (Å²) in [4.78, 5) is 48.1. The van der Waals surface area contributed by atoms with E-state index in [0.29, 0.717) is 67.6 Å². The van der Waals surface area contributed by atoms with Gasteiger partial charge in [0, 0.05) is 47.4 Å². The Morgan fingerprint density at radius 3 is 1.21 bits per heavy atom. The van der Waals surface area contributed by atoms with E-state index in [-0.39, 0.29) is 11.8 Å². The molecule has 58 heavy (non-hydrogen) atoms. The number of aromatic amines is 2. The lowest BCUT2D eigenvalue weighted by molar-refractivity contribution is -0.116. The number of H-pyrrole nitrogens is 2. The quantitative estimate of drug-likeness (QED) is 0.176. The minimum atomic E-state index is -0.429. The molecule has 0 radical (unpaired) electrons. The number of amides is 2. The van der Waals surface area contributed by atoms with E-state index < -0.39 is 11.6 Å². The van der Waals surface area contributed by atoms with Crippen LogP contribution in [0.1, 0.15) is 36.6 Å². The molecule has 2 amide bonds. The van der Waals surface area contributed by atoms with E-state index in [0.717, 1.165) is 22.3 Å². The lowest BCUT2D eigenvalue weighted by Crippen LogP contribution is -2.24. The van der Waals surface area contributed by atoms with Crippen molar-refractivity contribution in [2.45, 2.75) is 13.8 Å². The highest BCUT2D eigenvalue weighted by molar-refractivity contribution is 6.09. The first kappa shape index (κ1) is 35.9. The van der Waals surface area contributed by atoms with Gasteiger partial charge in [0.25, 0.3) is 0 Å². The van der Waals surface area contributed by atoms with E-state index in [1.54, 1.807) is 29.2 Å². The standard InChI is InChI=1S/C48H34F2N6O2/c1-29(57)55(35-17-13-33(49)14-18-35)47-41-25-21-37(51-41)45(31-9-5-3-6-10-31)39-23-27-43(53-39)48(56(30(2)58)36-19-15-34(50)16-20-36)44-28-24-40(54-44)46(32-11-7-4-8-12-32)38-22-26-42(47)52-38/h3-28,51-52H,1-2H3. The van der Waals surface area contributed by atoms with Gasteiger partial charge in [-0.05, 0) is 108 Å². The van der Waals surface area contributed by atoms with E-state index in [9.17, 15) is 18.4 Å². The van der Waals surface area contributed by atoms with Crippen LogP contribution >= 0.6 is 0 Å². The molecule has 0 saturated heterocycles. The number of hydrogen-bond acceptors (Lipinski definition) is 4. The van der Waals surface area contributed by atoms with Crippen LogP contribution in [0.3, 0.4) is 0 Å². The molecule has 0 fully saturated rings. The maximum atomic E-state index is 14.2. The van der Waals surface area contributed by atoms with Gasteiger partial charge < -0.3 is 9.97 Å². The van der Waals surface area contributed by atoms with Crippen LogP contribution in [-0.4, -0.2) is 31.8 Å². The zero-order valence-electron chi connectivity index (χ0n) is 31.4. The van der Waals surface area contributed by atoms with E-state index in [2.05, 4.69) is 9.97 Å². The highest BCUT2D eigenvalue weighted by Gasteiger charge is 2.26. The summed E-state index contributed by atoms with van der Waals surface area (Å²) < 4.78 is 28.5. The number of nitrogens with one attached hydrogen (secondary N) is 2. The number of nitrogens with zero attached hydrogens (tertiary/aromatic N) is 4. The van der Waals surface area contributed by atoms with Crippen molar-refractivity contribution in [3.8, 4) is 22.3 Å². The molecule has 3 aromatic heterocycles. The minimum absolute atomic E-state index is 0.285. The predicted molar refractivity (Wildman–Crippen MR) is 228 cm³/mol. The Labute approximate surface area is 332 Å². The van der Waals surface area contributed by atoms with Crippen LogP contribution in [0.5, 0.6) is 0 Å². The third-order valence-electron chi connectivity index (χ3n) is 10.1. The van der Waals surface area contributed by atoms with Gasteiger partial charge in [-0.2, -0.15) is 0 Å². The van der Waals surface area contributed by atoms with Crippen molar-refractivity contribution in [3.63, 3.8) is 0 Å². The van der Waals surface area contributed by atoms with Crippen LogP contribution in [0.25, 0.3) is 68.6 Å². The molecular weight excluding hydrogens is 731 g/mol. The third kappa shape index (κ3) is 6.56. The van der Waals surface area contributed by atoms with Gasteiger partial charge in [0.2, 0.25) is 11.8 Å². The SMILES string of the molecule is CC(=O)N(c1ccc(F)cc1)c1c2nc(c(-c3ccccc3)c3ccc([nH]3)c(N(C(C)=O)c3ccc(F)cc3)c3ccc([nH]3)c(-c3ccccc3)c3nc1C=C3)C=C2. The Hall–Kier alpha value is -7.72. The Kier molecular flexibility index (Phi) is 9.14. The number of carbonyl (C=O) groups excluding carboxylic acids is 2. The summed E-state index contributed by atoms with van der Waals surface area (Å²) in [5.74, 6) is -1.45. The summed E-state index contributed by atoms with van der Waals surface area (Å²) in [5, 5.41) is 0. The highest BCUT2D eigenvalue weighted by Crippen LogP contribution is 2.40. The molecule has 8 nitrogen and oxygen atoms in total. The maximum absolute atomic E-state index is 14.2. The molecule has 9 rings (SSSR count). The van der Waals surface area contributed by atoms with Crippen molar-refractivity contribution < 1.29 is 18.4 Å². The van der Waals surface area contributed by atoms with Gasteiger partial charge in [-0.3, -0.25) is 19.4 Å². The first-order valence-corrected chi connectivity index (χ1v) is 18.6. The van der Waals surface area contributed by atoms with Crippen molar-refractivity contribution in [2.24, 2.45) is 0 Å². The monoisotopic (exact) mass is 764 g/mol. The Bertz CT molecular complexity index is 2830. The normalized spacial score (nSPS) is 11.8. The molecule has 0 atom stereocenters. The zero-order chi connectivity index (χ0) is 39.9. The van der Waals surface area contributed by atoms with Crippen LogP contribution < -0.4 is 9.80 Å². The summed E-state index contributed by atoms with van der Waals surface area (Å²) in [6.07, 6.45) is 7.50. The first-order valence-electron chi connectivity index (χ1n) is 18.6. The molecule has 282 valence electrons. The van der Waals surface area contributed by atoms with Gasteiger partial charge in [-0.25, -0.2) is 18.7 Å². The number of carbonyl (C=O) groups is 2. The second-order valence-corrected chi connectivity index (χ2v) is 13.8. The lowest BCUT2D eigenvalue weighted by atomic mass is 10.0. The van der Waals surface area contributed by atoms with Crippen LogP contribution in [-0.2, 0) is 9.59 Å². The zero-order valence-corrected chi connectivity index (χ0v) is 31.4. The fourth-order valence-corrected chi connectivity index (χ4v) is 7.58. The summed E-state index contributed by atoms with van der Waals surface area (Å²) in [5.41, 5.74) is 9.93. The maximum Gasteiger partial charge on any atom is 0.228 e. The molecule has 2 aliphatic heterocycles. The van der Waals surface area contributed by atoms with Crippen LogP contribution in [0.15, 0.2) is 133 Å². The number of fused-ring (bicyclic) bond motifs is 8. The largest absolute Gasteiger partial charge is 0.353 e. The fraction of sp³-hybridized carbons (Fsp3) is 0.0417. The second-order valence-electron chi connectivity index (χ2n) is 13.8.